The molecule has 5 heteroatoms. The van der Waals surface area contributed by atoms with Crippen molar-refractivity contribution in [3.05, 3.63) is 63.7 Å². The van der Waals surface area contributed by atoms with Crippen LogP contribution in [0.1, 0.15) is 21.5 Å². The van der Waals surface area contributed by atoms with Crippen molar-refractivity contribution in [2.45, 2.75) is 6.92 Å². The van der Waals surface area contributed by atoms with E-state index < -0.39 is 17.3 Å². The van der Waals surface area contributed by atoms with Crippen LogP contribution in [0.3, 0.4) is 0 Å². The largest absolute Gasteiger partial charge is 0.504 e. The number of ketones is 1. The number of nitrogens with zero attached hydrogens (tertiary/aromatic N) is 1. The molecule has 0 spiro atoms. The molecule has 0 amide bonds. The topological polar surface area (TPSA) is 81.3 Å². The van der Waals surface area contributed by atoms with Crippen LogP contribution in [0, 0.1) is 18.3 Å². The zero-order valence-corrected chi connectivity index (χ0v) is 12.4. The van der Waals surface area contributed by atoms with Gasteiger partial charge in [0.15, 0.2) is 11.5 Å². The van der Waals surface area contributed by atoms with Gasteiger partial charge in [-0.05, 0) is 36.8 Å². The molecule has 0 radical (unpaired) electrons. The first-order valence-electron chi connectivity index (χ1n) is 6.37. The molecule has 0 aliphatic carbocycles. The zero-order valence-electron chi connectivity index (χ0n) is 11.7. The maximum Gasteiger partial charge on any atom is 0.203 e. The number of hydrogen-bond acceptors (Lipinski definition) is 4. The summed E-state index contributed by atoms with van der Waals surface area (Å²) in [5, 5.41) is 28.1. The van der Waals surface area contributed by atoms with Crippen molar-refractivity contribution in [1.82, 2.24) is 0 Å². The van der Waals surface area contributed by atoms with E-state index in [2.05, 4.69) is 0 Å². The first-order chi connectivity index (χ1) is 10.4. The number of allylic oxidation sites excluding steroid dienone is 1. The average Bonchev–Trinajstić information content (AvgIpc) is 2.49. The van der Waals surface area contributed by atoms with E-state index in [9.17, 15) is 20.3 Å². The predicted molar refractivity (Wildman–Crippen MR) is 83.9 cm³/mol. The Bertz CT molecular complexity index is 796. The molecule has 0 atom stereocenters. The van der Waals surface area contributed by atoms with Gasteiger partial charge in [-0.25, -0.2) is 0 Å². The summed E-state index contributed by atoms with van der Waals surface area (Å²) in [5.41, 5.74) is 1.57. The fourth-order valence-electron chi connectivity index (χ4n) is 1.95. The molecule has 0 saturated carbocycles. The molecule has 0 aliphatic heterocycles. The number of aromatic hydroxyl groups is 2. The van der Waals surface area contributed by atoms with E-state index in [4.69, 9.17) is 11.6 Å². The molecule has 110 valence electrons. The number of carbonyl (C=O) groups excluding carboxylic acids is 1. The number of carbonyl (C=O) groups is 1. The maximum absolute atomic E-state index is 12.3. The number of phenols is 2. The van der Waals surface area contributed by atoms with E-state index in [1.807, 2.05) is 19.1 Å². The van der Waals surface area contributed by atoms with E-state index in [0.717, 1.165) is 5.56 Å². The summed E-state index contributed by atoms with van der Waals surface area (Å²) >= 11 is 5.76. The number of aryl methyl sites for hydroxylation is 1. The van der Waals surface area contributed by atoms with Gasteiger partial charge in [0.2, 0.25) is 5.78 Å². The van der Waals surface area contributed by atoms with E-state index in [-0.39, 0.29) is 10.6 Å². The molecule has 0 saturated heterocycles. The molecule has 0 aliphatic rings. The minimum Gasteiger partial charge on any atom is -0.504 e. The summed E-state index contributed by atoms with van der Waals surface area (Å²) in [6.45, 7) is 1.85. The predicted octanol–water partition coefficient (Wildman–Crippen LogP) is 3.85. The highest BCUT2D eigenvalue weighted by molar-refractivity contribution is 6.32. The number of halogens is 1. The Hall–Kier alpha value is -2.77. The Morgan fingerprint density at radius 3 is 2.59 bits per heavy atom. The van der Waals surface area contributed by atoms with Crippen LogP contribution in [0.25, 0.3) is 6.08 Å². The first-order valence-corrected chi connectivity index (χ1v) is 6.75. The van der Waals surface area contributed by atoms with Crippen LogP contribution in [0.4, 0.5) is 0 Å². The summed E-state index contributed by atoms with van der Waals surface area (Å²) in [4.78, 5) is 12.3. The molecular formula is C17H12ClNO3. The second-order valence-electron chi connectivity index (χ2n) is 4.74. The number of phenolic OH excluding ortho intramolecular Hbond substituents is 2. The maximum atomic E-state index is 12.3. The van der Waals surface area contributed by atoms with Gasteiger partial charge in [0.25, 0.3) is 0 Å². The van der Waals surface area contributed by atoms with E-state index >= 15 is 0 Å². The normalized spacial score (nSPS) is 11.0. The van der Waals surface area contributed by atoms with Gasteiger partial charge < -0.3 is 10.2 Å². The Balaban J connectivity index is 2.44. The molecule has 0 aromatic heterocycles. The summed E-state index contributed by atoms with van der Waals surface area (Å²) in [5.74, 6) is -1.28. The molecule has 2 rings (SSSR count). The lowest BCUT2D eigenvalue weighted by Gasteiger charge is -2.04. The van der Waals surface area contributed by atoms with Gasteiger partial charge in [-0.15, -0.1) is 0 Å². The minimum atomic E-state index is -0.442. The molecule has 2 aromatic rings. The highest BCUT2D eigenvalue weighted by Gasteiger charge is 2.13. The minimum absolute atomic E-state index is 0.0634. The number of benzene rings is 2. The molecule has 4 nitrogen and oxygen atoms in total. The standard InChI is InChI=1S/C17H12ClNO3/c1-10-3-2-4-12(5-10)16(21)13(9-19)6-11-7-14(18)17(22)15(20)8-11/h2-8,20,22H,1H3/b13-6+. The highest BCUT2D eigenvalue weighted by Crippen LogP contribution is 2.34. The van der Waals surface area contributed by atoms with Crippen molar-refractivity contribution in [2.75, 3.05) is 0 Å². The van der Waals surface area contributed by atoms with Crippen LogP contribution >= 0.6 is 11.6 Å². The highest BCUT2D eigenvalue weighted by atomic mass is 35.5. The van der Waals surface area contributed by atoms with Crippen LogP contribution < -0.4 is 0 Å². The van der Waals surface area contributed by atoms with Crippen LogP contribution in [-0.4, -0.2) is 16.0 Å². The fraction of sp³-hybridized carbons (Fsp3) is 0.0588. The van der Waals surface area contributed by atoms with Crippen LogP contribution in [0.15, 0.2) is 42.0 Å². The lowest BCUT2D eigenvalue weighted by atomic mass is 10.0. The third-order valence-electron chi connectivity index (χ3n) is 3.02. The summed E-state index contributed by atoms with van der Waals surface area (Å²) in [6.07, 6.45) is 1.32. The van der Waals surface area contributed by atoms with Gasteiger partial charge in [-0.1, -0.05) is 35.4 Å². The third-order valence-corrected chi connectivity index (χ3v) is 3.31. The second kappa shape index (κ2) is 6.33. The SMILES string of the molecule is Cc1cccc(C(=O)/C(C#N)=C/c2cc(O)c(O)c(Cl)c2)c1. The Morgan fingerprint density at radius 1 is 1.27 bits per heavy atom. The van der Waals surface area contributed by atoms with Crippen molar-refractivity contribution < 1.29 is 15.0 Å². The fourth-order valence-corrected chi connectivity index (χ4v) is 2.17. The van der Waals surface area contributed by atoms with Gasteiger partial charge in [0.05, 0.1) is 5.02 Å². The summed E-state index contributed by atoms with van der Waals surface area (Å²) in [7, 11) is 0. The van der Waals surface area contributed by atoms with Gasteiger partial charge >= 0.3 is 0 Å². The molecule has 2 aromatic carbocycles. The van der Waals surface area contributed by atoms with Crippen molar-refractivity contribution >= 4 is 23.5 Å². The van der Waals surface area contributed by atoms with E-state index in [1.54, 1.807) is 18.2 Å². The molecular weight excluding hydrogens is 302 g/mol. The quantitative estimate of drug-likeness (QED) is 0.390. The number of Topliss-reactive ketones (excluding diaryl/α,β-unsaturated/α-hetero) is 1. The first kappa shape index (κ1) is 15.6. The molecule has 0 bridgehead atoms. The Morgan fingerprint density at radius 2 is 2.00 bits per heavy atom. The smallest absolute Gasteiger partial charge is 0.203 e. The Kier molecular flexibility index (Phi) is 4.50. The van der Waals surface area contributed by atoms with Gasteiger partial charge in [-0.3, -0.25) is 4.79 Å². The molecule has 0 unspecified atom stereocenters. The van der Waals surface area contributed by atoms with Crippen molar-refractivity contribution in [3.63, 3.8) is 0 Å². The number of nitriles is 1. The average molecular weight is 314 g/mol. The van der Waals surface area contributed by atoms with Crippen molar-refractivity contribution in [1.29, 1.82) is 5.26 Å². The number of rotatable bonds is 3. The second-order valence-corrected chi connectivity index (χ2v) is 5.15. The van der Waals surface area contributed by atoms with E-state index in [1.165, 1.54) is 18.2 Å². The lowest BCUT2D eigenvalue weighted by Crippen LogP contribution is -2.02. The van der Waals surface area contributed by atoms with Crippen molar-refractivity contribution in [2.24, 2.45) is 0 Å². The lowest BCUT2D eigenvalue weighted by molar-refractivity contribution is 0.104. The van der Waals surface area contributed by atoms with Crippen molar-refractivity contribution in [3.8, 4) is 17.6 Å². The van der Waals surface area contributed by atoms with Crippen LogP contribution in [0.5, 0.6) is 11.5 Å². The summed E-state index contributed by atoms with van der Waals surface area (Å²) < 4.78 is 0. The molecule has 2 N–H and O–H groups in total. The molecule has 0 fully saturated rings. The van der Waals surface area contributed by atoms with E-state index in [0.29, 0.717) is 11.1 Å². The molecule has 22 heavy (non-hydrogen) atoms. The monoisotopic (exact) mass is 313 g/mol. The van der Waals surface area contributed by atoms with Crippen LogP contribution in [-0.2, 0) is 0 Å². The van der Waals surface area contributed by atoms with Gasteiger partial charge in [0.1, 0.15) is 11.6 Å². The third kappa shape index (κ3) is 3.27. The number of hydrogen-bond donors (Lipinski definition) is 2. The van der Waals surface area contributed by atoms with Gasteiger partial charge in [-0.2, -0.15) is 5.26 Å². The van der Waals surface area contributed by atoms with Gasteiger partial charge in [0, 0.05) is 5.56 Å². The zero-order chi connectivity index (χ0) is 16.3. The molecule has 0 heterocycles. The van der Waals surface area contributed by atoms with Crippen LogP contribution in [0.2, 0.25) is 5.02 Å². The summed E-state index contributed by atoms with van der Waals surface area (Å²) in [6, 6.07) is 11.3. The Labute approximate surface area is 132 Å².